The fourth-order valence-electron chi connectivity index (χ4n) is 2.01. The lowest BCUT2D eigenvalue weighted by Gasteiger charge is -2.11. The Balaban J connectivity index is 1.68. The minimum atomic E-state index is -0.293. The number of aromatic nitrogens is 2. The Labute approximate surface area is 121 Å². The molecule has 21 heavy (non-hydrogen) atoms. The molecule has 0 saturated carbocycles. The number of hydrogen-bond donors (Lipinski definition) is 1. The number of ether oxygens (including phenoxy) is 2. The van der Waals surface area contributed by atoms with Crippen molar-refractivity contribution in [3.8, 4) is 5.88 Å². The standard InChI is InChI=1S/C14H15N3O4/c1-9-6-12(17-21-9)16-14(18)10-2-4-15-13(7-10)20-11-3-5-19-8-11/h2,4,6-7,11H,3,5,8H2,1H3,(H,16,17,18)/t11-/m0/s1. The highest BCUT2D eigenvalue weighted by Gasteiger charge is 2.18. The summed E-state index contributed by atoms with van der Waals surface area (Å²) in [6.07, 6.45) is 2.36. The third-order valence-electron chi connectivity index (χ3n) is 3.04. The number of nitrogens with zero attached hydrogens (tertiary/aromatic N) is 2. The molecule has 0 radical (unpaired) electrons. The molecule has 2 aromatic rings. The maximum absolute atomic E-state index is 12.1. The van der Waals surface area contributed by atoms with Crippen LogP contribution in [0.4, 0.5) is 5.82 Å². The molecule has 7 heteroatoms. The highest BCUT2D eigenvalue weighted by atomic mass is 16.5. The van der Waals surface area contributed by atoms with Crippen LogP contribution in [-0.2, 0) is 4.74 Å². The van der Waals surface area contributed by atoms with Crippen LogP contribution in [0.2, 0.25) is 0 Å². The van der Waals surface area contributed by atoms with Gasteiger partial charge in [0.15, 0.2) is 5.82 Å². The number of rotatable bonds is 4. The molecule has 7 nitrogen and oxygen atoms in total. The minimum Gasteiger partial charge on any atom is -0.472 e. The highest BCUT2D eigenvalue weighted by Crippen LogP contribution is 2.16. The topological polar surface area (TPSA) is 86.5 Å². The van der Waals surface area contributed by atoms with E-state index in [1.807, 2.05) is 0 Å². The fourth-order valence-corrected chi connectivity index (χ4v) is 2.01. The third kappa shape index (κ3) is 3.38. The lowest BCUT2D eigenvalue weighted by Crippen LogP contribution is -2.17. The van der Waals surface area contributed by atoms with Crippen molar-refractivity contribution in [2.24, 2.45) is 0 Å². The number of carbonyl (C=O) groups excluding carboxylic acids is 1. The summed E-state index contributed by atoms with van der Waals surface area (Å²) >= 11 is 0. The molecule has 0 aromatic carbocycles. The molecule has 2 aromatic heterocycles. The molecule has 1 aliphatic rings. The molecule has 0 spiro atoms. The van der Waals surface area contributed by atoms with Crippen LogP contribution >= 0.6 is 0 Å². The molecule has 3 rings (SSSR count). The first-order valence-corrected chi connectivity index (χ1v) is 6.66. The second-order valence-electron chi connectivity index (χ2n) is 4.76. The van der Waals surface area contributed by atoms with Crippen molar-refractivity contribution >= 4 is 11.7 Å². The summed E-state index contributed by atoms with van der Waals surface area (Å²) in [6.45, 7) is 3.00. The van der Waals surface area contributed by atoms with Gasteiger partial charge in [-0.25, -0.2) is 4.98 Å². The van der Waals surface area contributed by atoms with Crippen LogP contribution in [0.3, 0.4) is 0 Å². The van der Waals surface area contributed by atoms with E-state index in [9.17, 15) is 4.79 Å². The monoisotopic (exact) mass is 289 g/mol. The smallest absolute Gasteiger partial charge is 0.257 e. The van der Waals surface area contributed by atoms with E-state index in [-0.39, 0.29) is 12.0 Å². The molecule has 1 N–H and O–H groups in total. The zero-order valence-electron chi connectivity index (χ0n) is 11.5. The molecule has 1 atom stereocenters. The normalized spacial score (nSPS) is 17.7. The van der Waals surface area contributed by atoms with E-state index in [1.165, 1.54) is 6.20 Å². The third-order valence-corrected chi connectivity index (χ3v) is 3.04. The number of nitrogens with one attached hydrogen (secondary N) is 1. The summed E-state index contributed by atoms with van der Waals surface area (Å²) in [7, 11) is 0. The molecule has 1 fully saturated rings. The van der Waals surface area contributed by atoms with Crippen molar-refractivity contribution in [2.45, 2.75) is 19.4 Å². The summed E-state index contributed by atoms with van der Waals surface area (Å²) in [4.78, 5) is 16.2. The largest absolute Gasteiger partial charge is 0.472 e. The summed E-state index contributed by atoms with van der Waals surface area (Å²) in [6, 6.07) is 4.85. The lowest BCUT2D eigenvalue weighted by molar-refractivity contribution is 0.102. The van der Waals surface area contributed by atoms with Gasteiger partial charge < -0.3 is 19.3 Å². The Morgan fingerprint density at radius 2 is 2.38 bits per heavy atom. The van der Waals surface area contributed by atoms with Crippen molar-refractivity contribution < 1.29 is 18.8 Å². The second-order valence-corrected chi connectivity index (χ2v) is 4.76. The van der Waals surface area contributed by atoms with Crippen molar-refractivity contribution in [3.05, 3.63) is 35.7 Å². The first-order chi connectivity index (χ1) is 10.2. The Morgan fingerprint density at radius 3 is 3.10 bits per heavy atom. The Kier molecular flexibility index (Phi) is 3.83. The van der Waals surface area contributed by atoms with E-state index in [1.54, 1.807) is 25.1 Å². The van der Waals surface area contributed by atoms with E-state index in [4.69, 9.17) is 14.0 Å². The zero-order valence-corrected chi connectivity index (χ0v) is 11.5. The number of amides is 1. The van der Waals surface area contributed by atoms with Gasteiger partial charge in [0.25, 0.3) is 5.91 Å². The summed E-state index contributed by atoms with van der Waals surface area (Å²) in [5, 5.41) is 6.36. The molecule has 110 valence electrons. The summed E-state index contributed by atoms with van der Waals surface area (Å²) in [5.41, 5.74) is 0.444. The van der Waals surface area contributed by atoms with Crippen LogP contribution in [0.1, 0.15) is 22.5 Å². The number of pyridine rings is 1. The van der Waals surface area contributed by atoms with Crippen LogP contribution in [0, 0.1) is 6.92 Å². The first kappa shape index (κ1) is 13.6. The molecule has 3 heterocycles. The van der Waals surface area contributed by atoms with Crippen LogP contribution in [0.5, 0.6) is 5.88 Å². The molecule has 0 bridgehead atoms. The van der Waals surface area contributed by atoms with Gasteiger partial charge in [-0.15, -0.1) is 0 Å². The van der Waals surface area contributed by atoms with Crippen LogP contribution < -0.4 is 10.1 Å². The number of aryl methyl sites for hydroxylation is 1. The van der Waals surface area contributed by atoms with Gasteiger partial charge in [-0.2, -0.15) is 0 Å². The predicted molar refractivity (Wildman–Crippen MR) is 73.3 cm³/mol. The Hall–Kier alpha value is -2.41. The highest BCUT2D eigenvalue weighted by molar-refractivity contribution is 6.03. The molecule has 1 amide bonds. The van der Waals surface area contributed by atoms with E-state index >= 15 is 0 Å². The molecule has 1 saturated heterocycles. The SMILES string of the molecule is Cc1cc(NC(=O)c2ccnc(O[C@H]3CCOC3)c2)no1. The van der Waals surface area contributed by atoms with Crippen LogP contribution in [0.25, 0.3) is 0 Å². The van der Waals surface area contributed by atoms with Crippen molar-refractivity contribution in [3.63, 3.8) is 0 Å². The van der Waals surface area contributed by atoms with E-state index in [0.29, 0.717) is 36.2 Å². The van der Waals surface area contributed by atoms with Gasteiger partial charge in [-0.1, -0.05) is 5.16 Å². The number of hydrogen-bond acceptors (Lipinski definition) is 6. The lowest BCUT2D eigenvalue weighted by atomic mass is 10.2. The van der Waals surface area contributed by atoms with E-state index in [0.717, 1.165) is 6.42 Å². The van der Waals surface area contributed by atoms with E-state index < -0.39 is 0 Å². The van der Waals surface area contributed by atoms with Gasteiger partial charge >= 0.3 is 0 Å². The van der Waals surface area contributed by atoms with Crippen molar-refractivity contribution in [1.82, 2.24) is 10.1 Å². The number of carbonyl (C=O) groups is 1. The average molecular weight is 289 g/mol. The number of anilines is 1. The van der Waals surface area contributed by atoms with E-state index in [2.05, 4.69) is 15.5 Å². The second kappa shape index (κ2) is 5.92. The molecular weight excluding hydrogens is 274 g/mol. The molecular formula is C14H15N3O4. The first-order valence-electron chi connectivity index (χ1n) is 6.66. The Bertz CT molecular complexity index is 635. The predicted octanol–water partition coefficient (Wildman–Crippen LogP) is 1.80. The fraction of sp³-hybridized carbons (Fsp3) is 0.357. The molecule has 0 aliphatic carbocycles. The van der Waals surface area contributed by atoms with Gasteiger partial charge in [0, 0.05) is 30.3 Å². The Morgan fingerprint density at radius 1 is 1.48 bits per heavy atom. The summed E-state index contributed by atoms with van der Waals surface area (Å²) < 4.78 is 15.8. The van der Waals surface area contributed by atoms with Crippen molar-refractivity contribution in [1.29, 1.82) is 0 Å². The quantitative estimate of drug-likeness (QED) is 0.923. The zero-order chi connectivity index (χ0) is 14.7. The van der Waals surface area contributed by atoms with Gasteiger partial charge in [-0.05, 0) is 13.0 Å². The molecule has 0 unspecified atom stereocenters. The van der Waals surface area contributed by atoms with Crippen LogP contribution in [-0.4, -0.2) is 35.4 Å². The maximum atomic E-state index is 12.1. The van der Waals surface area contributed by atoms with Gasteiger partial charge in [0.05, 0.1) is 13.2 Å². The minimum absolute atomic E-state index is 0.00555. The van der Waals surface area contributed by atoms with Crippen molar-refractivity contribution in [2.75, 3.05) is 18.5 Å². The van der Waals surface area contributed by atoms with Gasteiger partial charge in [0.1, 0.15) is 11.9 Å². The van der Waals surface area contributed by atoms with Crippen LogP contribution in [0.15, 0.2) is 28.9 Å². The van der Waals surface area contributed by atoms with Gasteiger partial charge in [0.2, 0.25) is 5.88 Å². The summed E-state index contributed by atoms with van der Waals surface area (Å²) in [5.74, 6) is 1.12. The maximum Gasteiger partial charge on any atom is 0.257 e. The molecule has 1 aliphatic heterocycles. The average Bonchev–Trinajstić information content (AvgIpc) is 3.11. The van der Waals surface area contributed by atoms with Gasteiger partial charge in [-0.3, -0.25) is 4.79 Å².